The summed E-state index contributed by atoms with van der Waals surface area (Å²) in [6.45, 7) is 6.69. The number of nitrogens with one attached hydrogen (secondary N) is 1. The summed E-state index contributed by atoms with van der Waals surface area (Å²) in [5.74, 6) is -0.570. The molecule has 1 aromatic carbocycles. The van der Waals surface area contributed by atoms with Crippen LogP contribution in [-0.2, 0) is 14.8 Å². The van der Waals surface area contributed by atoms with Crippen molar-refractivity contribution in [1.29, 1.82) is 0 Å². The van der Waals surface area contributed by atoms with E-state index in [1.54, 1.807) is 26.8 Å². The van der Waals surface area contributed by atoms with Crippen molar-refractivity contribution < 1.29 is 13.2 Å². The molecule has 7 heteroatoms. The first-order chi connectivity index (χ1) is 8.97. The predicted molar refractivity (Wildman–Crippen MR) is 78.5 cm³/mol. The molecule has 1 amide bonds. The van der Waals surface area contributed by atoms with Crippen LogP contribution in [-0.4, -0.2) is 20.9 Å². The van der Waals surface area contributed by atoms with Crippen molar-refractivity contribution in [2.45, 2.75) is 32.6 Å². The van der Waals surface area contributed by atoms with Gasteiger partial charge >= 0.3 is 0 Å². The molecule has 1 aromatic rings. The van der Waals surface area contributed by atoms with E-state index in [1.165, 1.54) is 6.07 Å². The first-order valence-corrected chi connectivity index (χ1v) is 7.62. The van der Waals surface area contributed by atoms with Crippen molar-refractivity contribution in [1.82, 2.24) is 4.72 Å². The minimum Gasteiger partial charge on any atom is -0.398 e. The molecule has 0 saturated heterocycles. The van der Waals surface area contributed by atoms with Gasteiger partial charge in [0.25, 0.3) is 0 Å². The van der Waals surface area contributed by atoms with Gasteiger partial charge in [-0.3, -0.25) is 4.79 Å². The molecule has 20 heavy (non-hydrogen) atoms. The highest BCUT2D eigenvalue weighted by atomic mass is 32.2. The van der Waals surface area contributed by atoms with E-state index in [1.807, 2.05) is 6.92 Å². The molecule has 6 nitrogen and oxygen atoms in total. The van der Waals surface area contributed by atoms with Crippen LogP contribution in [0, 0.1) is 19.3 Å². The number of hydrogen-bond donors (Lipinski definition) is 3. The Balaban J connectivity index is 3.04. The molecular formula is C13H21N3O3S. The van der Waals surface area contributed by atoms with E-state index in [0.717, 1.165) is 11.1 Å². The van der Waals surface area contributed by atoms with E-state index >= 15 is 0 Å². The van der Waals surface area contributed by atoms with Crippen molar-refractivity contribution in [3.8, 4) is 0 Å². The molecule has 0 fully saturated rings. The summed E-state index contributed by atoms with van der Waals surface area (Å²) < 4.78 is 26.8. The summed E-state index contributed by atoms with van der Waals surface area (Å²) in [7, 11) is -3.73. The minimum atomic E-state index is -3.73. The molecule has 0 aliphatic carbocycles. The fourth-order valence-corrected chi connectivity index (χ4v) is 2.79. The van der Waals surface area contributed by atoms with E-state index in [0.29, 0.717) is 5.69 Å². The van der Waals surface area contributed by atoms with Crippen LogP contribution in [0.3, 0.4) is 0 Å². The highest BCUT2D eigenvalue weighted by Gasteiger charge is 2.27. The number of nitrogen functional groups attached to an aromatic ring is 1. The number of carbonyl (C=O) groups excluding carboxylic acids is 1. The maximum Gasteiger partial charge on any atom is 0.240 e. The number of aryl methyl sites for hydroxylation is 1. The highest BCUT2D eigenvalue weighted by Crippen LogP contribution is 2.22. The Bertz CT molecular complexity index is 613. The van der Waals surface area contributed by atoms with Crippen LogP contribution in [0.25, 0.3) is 0 Å². The van der Waals surface area contributed by atoms with Gasteiger partial charge in [-0.05, 0) is 51.0 Å². The number of carbonyl (C=O) groups is 1. The quantitative estimate of drug-likeness (QED) is 0.693. The van der Waals surface area contributed by atoms with Gasteiger partial charge in [-0.2, -0.15) is 0 Å². The Morgan fingerprint density at radius 2 is 1.85 bits per heavy atom. The number of nitrogens with two attached hydrogens (primary N) is 2. The van der Waals surface area contributed by atoms with Crippen molar-refractivity contribution in [2.75, 3.05) is 12.3 Å². The molecule has 112 valence electrons. The maximum absolute atomic E-state index is 12.2. The molecule has 5 N–H and O–H groups in total. The summed E-state index contributed by atoms with van der Waals surface area (Å²) in [6, 6.07) is 2.95. The van der Waals surface area contributed by atoms with Gasteiger partial charge in [0.1, 0.15) is 0 Å². The monoisotopic (exact) mass is 299 g/mol. The Morgan fingerprint density at radius 3 is 2.30 bits per heavy atom. The Hall–Kier alpha value is -1.60. The van der Waals surface area contributed by atoms with Gasteiger partial charge in [0.2, 0.25) is 15.9 Å². The lowest BCUT2D eigenvalue weighted by molar-refractivity contribution is -0.125. The van der Waals surface area contributed by atoms with Gasteiger partial charge in [-0.15, -0.1) is 0 Å². The lowest BCUT2D eigenvalue weighted by Gasteiger charge is -2.21. The van der Waals surface area contributed by atoms with Crippen LogP contribution in [0.4, 0.5) is 5.69 Å². The van der Waals surface area contributed by atoms with Crippen LogP contribution in [0.2, 0.25) is 0 Å². The zero-order chi connectivity index (χ0) is 15.7. The molecule has 0 aliphatic heterocycles. The minimum absolute atomic E-state index is 0.0719. The van der Waals surface area contributed by atoms with Crippen LogP contribution in [0.1, 0.15) is 25.0 Å². The summed E-state index contributed by atoms with van der Waals surface area (Å²) in [4.78, 5) is 11.3. The van der Waals surface area contributed by atoms with E-state index < -0.39 is 21.3 Å². The number of benzene rings is 1. The number of hydrogen-bond acceptors (Lipinski definition) is 4. The lowest BCUT2D eigenvalue weighted by atomic mass is 9.93. The summed E-state index contributed by atoms with van der Waals surface area (Å²) in [5, 5.41) is 0. The molecule has 0 bridgehead atoms. The van der Waals surface area contributed by atoms with Crippen molar-refractivity contribution in [2.24, 2.45) is 11.1 Å². The number of sulfonamides is 1. The molecule has 0 aliphatic rings. The average Bonchev–Trinajstić information content (AvgIpc) is 2.33. The normalized spacial score (nSPS) is 12.4. The first-order valence-electron chi connectivity index (χ1n) is 6.13. The third-order valence-corrected chi connectivity index (χ3v) is 4.74. The summed E-state index contributed by atoms with van der Waals surface area (Å²) >= 11 is 0. The van der Waals surface area contributed by atoms with Crippen molar-refractivity contribution in [3.05, 3.63) is 23.3 Å². The standard InChI is InChI=1S/C13H21N3O3S/c1-8-5-10(6-11(14)9(8)2)20(18,19)16-7-13(3,4)12(15)17/h5-6,16H,7,14H2,1-4H3,(H2,15,17). The van der Waals surface area contributed by atoms with E-state index in [-0.39, 0.29) is 11.4 Å². The van der Waals surface area contributed by atoms with E-state index in [4.69, 9.17) is 11.5 Å². The predicted octanol–water partition coefficient (Wildman–Crippen LogP) is 0.675. The van der Waals surface area contributed by atoms with Gasteiger partial charge in [-0.25, -0.2) is 13.1 Å². The fraction of sp³-hybridized carbons (Fsp3) is 0.462. The van der Waals surface area contributed by atoms with E-state index in [2.05, 4.69) is 4.72 Å². The molecule has 1 rings (SSSR count). The molecule has 0 spiro atoms. The fourth-order valence-electron chi connectivity index (χ4n) is 1.45. The molecule has 0 saturated carbocycles. The van der Waals surface area contributed by atoms with Crippen LogP contribution in [0.5, 0.6) is 0 Å². The average molecular weight is 299 g/mol. The zero-order valence-electron chi connectivity index (χ0n) is 12.1. The molecule has 0 atom stereocenters. The largest absolute Gasteiger partial charge is 0.398 e. The second kappa shape index (κ2) is 5.41. The lowest BCUT2D eigenvalue weighted by Crippen LogP contribution is -2.42. The third-order valence-electron chi connectivity index (χ3n) is 3.36. The molecule has 0 radical (unpaired) electrons. The molecule has 0 heterocycles. The number of amides is 1. The Labute approximate surface area is 119 Å². The number of anilines is 1. The topological polar surface area (TPSA) is 115 Å². The number of primary amides is 1. The van der Waals surface area contributed by atoms with Gasteiger partial charge in [0.05, 0.1) is 10.3 Å². The van der Waals surface area contributed by atoms with Gasteiger partial charge < -0.3 is 11.5 Å². The van der Waals surface area contributed by atoms with Gasteiger partial charge in [0, 0.05) is 12.2 Å². The molecule has 0 unspecified atom stereocenters. The second-order valence-corrected chi connectivity index (χ2v) is 7.29. The Kier molecular flexibility index (Phi) is 4.45. The summed E-state index contributed by atoms with van der Waals surface area (Å²) in [6.07, 6.45) is 0. The zero-order valence-corrected chi connectivity index (χ0v) is 13.0. The van der Waals surface area contributed by atoms with Crippen molar-refractivity contribution >= 4 is 21.6 Å². The maximum atomic E-state index is 12.2. The third kappa shape index (κ3) is 3.49. The Morgan fingerprint density at radius 1 is 1.30 bits per heavy atom. The smallest absolute Gasteiger partial charge is 0.240 e. The number of rotatable bonds is 5. The second-order valence-electron chi connectivity index (χ2n) is 5.53. The van der Waals surface area contributed by atoms with Crippen LogP contribution < -0.4 is 16.2 Å². The first kappa shape index (κ1) is 16.5. The molecule has 0 aromatic heterocycles. The van der Waals surface area contributed by atoms with Gasteiger partial charge in [0.15, 0.2) is 0 Å². The highest BCUT2D eigenvalue weighted by molar-refractivity contribution is 7.89. The molecular weight excluding hydrogens is 278 g/mol. The van der Waals surface area contributed by atoms with Crippen LogP contribution >= 0.6 is 0 Å². The summed E-state index contributed by atoms with van der Waals surface area (Å²) in [5.41, 5.74) is 12.1. The van der Waals surface area contributed by atoms with Crippen LogP contribution in [0.15, 0.2) is 17.0 Å². The van der Waals surface area contributed by atoms with Gasteiger partial charge in [-0.1, -0.05) is 0 Å². The van der Waals surface area contributed by atoms with E-state index in [9.17, 15) is 13.2 Å². The SMILES string of the molecule is Cc1cc(S(=O)(=O)NCC(C)(C)C(N)=O)cc(N)c1C. The van der Waals surface area contributed by atoms with Crippen molar-refractivity contribution in [3.63, 3.8) is 0 Å².